The van der Waals surface area contributed by atoms with E-state index in [1.165, 1.54) is 0 Å². The summed E-state index contributed by atoms with van der Waals surface area (Å²) >= 11 is 1.90. The second kappa shape index (κ2) is 6.75. The van der Waals surface area contributed by atoms with E-state index in [1.807, 2.05) is 11.8 Å². The van der Waals surface area contributed by atoms with E-state index in [-0.39, 0.29) is 13.4 Å². The molecule has 0 spiro atoms. The number of aliphatic hydroxyl groups excluding tert-OH is 1. The third-order valence-corrected chi connectivity index (χ3v) is 3.61. The molecule has 18 heavy (non-hydrogen) atoms. The summed E-state index contributed by atoms with van der Waals surface area (Å²) in [7, 11) is 0. The van der Waals surface area contributed by atoms with Crippen molar-refractivity contribution in [2.24, 2.45) is 0 Å². The van der Waals surface area contributed by atoms with Gasteiger partial charge < -0.3 is 19.3 Å². The Bertz CT molecular complexity index is 395. The number of fused-ring (bicyclic) bond motifs is 1. The van der Waals surface area contributed by atoms with Crippen molar-refractivity contribution in [2.75, 3.05) is 24.9 Å². The van der Waals surface area contributed by atoms with Gasteiger partial charge in [0, 0.05) is 11.6 Å². The third kappa shape index (κ3) is 3.23. The number of benzene rings is 1. The first kappa shape index (κ1) is 13.4. The minimum Gasteiger partial charge on any atom is -0.493 e. The van der Waals surface area contributed by atoms with E-state index in [1.54, 1.807) is 12.1 Å². The minimum atomic E-state index is -0.0598. The van der Waals surface area contributed by atoms with Crippen LogP contribution in [0.1, 0.15) is 18.9 Å². The van der Waals surface area contributed by atoms with Gasteiger partial charge in [0.25, 0.3) is 0 Å². The molecule has 0 bridgehead atoms. The lowest BCUT2D eigenvalue weighted by Crippen LogP contribution is -2.01. The summed E-state index contributed by atoms with van der Waals surface area (Å²) in [5, 5.41) is 9.31. The highest BCUT2D eigenvalue weighted by Crippen LogP contribution is 2.38. The maximum Gasteiger partial charge on any atom is 0.231 e. The number of hydrogen-bond donors (Lipinski definition) is 1. The third-order valence-electron chi connectivity index (χ3n) is 2.62. The van der Waals surface area contributed by atoms with E-state index in [9.17, 15) is 5.11 Å². The van der Waals surface area contributed by atoms with Crippen LogP contribution < -0.4 is 14.2 Å². The van der Waals surface area contributed by atoms with Gasteiger partial charge in [0.1, 0.15) is 5.75 Å². The van der Waals surface area contributed by atoms with Gasteiger partial charge in [0.15, 0.2) is 11.5 Å². The molecule has 1 heterocycles. The summed E-state index contributed by atoms with van der Waals surface area (Å²) in [6, 6.07) is 3.57. The van der Waals surface area contributed by atoms with Crippen molar-refractivity contribution in [1.82, 2.24) is 0 Å². The summed E-state index contributed by atoms with van der Waals surface area (Å²) in [4.78, 5) is 0. The molecule has 1 aliphatic heterocycles. The predicted molar refractivity (Wildman–Crippen MR) is 71.6 cm³/mol. The topological polar surface area (TPSA) is 47.9 Å². The molecule has 1 N–H and O–H groups in total. The molecule has 1 aliphatic rings. The van der Waals surface area contributed by atoms with Gasteiger partial charge in [0.2, 0.25) is 6.79 Å². The normalized spacial score (nSPS) is 12.8. The molecule has 1 aromatic rings. The van der Waals surface area contributed by atoms with Gasteiger partial charge in [0.05, 0.1) is 13.2 Å². The van der Waals surface area contributed by atoms with Gasteiger partial charge in [-0.2, -0.15) is 11.8 Å². The van der Waals surface area contributed by atoms with E-state index in [0.717, 1.165) is 23.5 Å². The molecule has 100 valence electrons. The van der Waals surface area contributed by atoms with Gasteiger partial charge in [-0.3, -0.25) is 0 Å². The van der Waals surface area contributed by atoms with E-state index < -0.39 is 0 Å². The number of ether oxygens (including phenoxy) is 3. The molecule has 0 aliphatic carbocycles. The van der Waals surface area contributed by atoms with Crippen LogP contribution in [0.5, 0.6) is 17.2 Å². The molecule has 0 saturated heterocycles. The summed E-state index contributed by atoms with van der Waals surface area (Å²) in [5.41, 5.74) is 0.738. The lowest BCUT2D eigenvalue weighted by atomic mass is 10.2. The van der Waals surface area contributed by atoms with Crippen LogP contribution in [0.3, 0.4) is 0 Å². The average molecular weight is 270 g/mol. The second-order valence-electron chi connectivity index (χ2n) is 3.87. The zero-order valence-electron chi connectivity index (χ0n) is 10.5. The van der Waals surface area contributed by atoms with Gasteiger partial charge in [-0.1, -0.05) is 6.92 Å². The number of thioether (sulfide) groups is 1. The molecule has 0 radical (unpaired) electrons. The molecule has 1 aromatic carbocycles. The number of aliphatic hydroxyl groups is 1. The highest BCUT2D eigenvalue weighted by atomic mass is 32.2. The molecule has 0 fully saturated rings. The van der Waals surface area contributed by atoms with Crippen molar-refractivity contribution in [3.63, 3.8) is 0 Å². The Balaban J connectivity index is 1.94. The molecular formula is C13H18O4S. The Morgan fingerprint density at radius 3 is 2.83 bits per heavy atom. The van der Waals surface area contributed by atoms with Crippen LogP contribution >= 0.6 is 11.8 Å². The monoisotopic (exact) mass is 270 g/mol. The van der Waals surface area contributed by atoms with E-state index in [2.05, 4.69) is 6.92 Å². The van der Waals surface area contributed by atoms with E-state index in [0.29, 0.717) is 23.9 Å². The van der Waals surface area contributed by atoms with Crippen LogP contribution in [0, 0.1) is 0 Å². The van der Waals surface area contributed by atoms with Crippen molar-refractivity contribution >= 4 is 11.8 Å². The fraction of sp³-hybridized carbons (Fsp3) is 0.538. The fourth-order valence-corrected chi connectivity index (χ4v) is 2.32. The summed E-state index contributed by atoms with van der Waals surface area (Å²) in [6.07, 6.45) is 0.998. The molecule has 0 atom stereocenters. The Morgan fingerprint density at radius 1 is 1.33 bits per heavy atom. The molecule has 2 rings (SSSR count). The smallest absolute Gasteiger partial charge is 0.231 e. The van der Waals surface area contributed by atoms with Crippen molar-refractivity contribution < 1.29 is 19.3 Å². The lowest BCUT2D eigenvalue weighted by molar-refractivity contribution is 0.173. The summed E-state index contributed by atoms with van der Waals surface area (Å²) < 4.78 is 16.2. The van der Waals surface area contributed by atoms with Crippen molar-refractivity contribution in [3.05, 3.63) is 17.7 Å². The first-order valence-corrected chi connectivity index (χ1v) is 7.24. The SMILES string of the molecule is CCSCCCOc1cc2c(cc1CO)OCO2. The van der Waals surface area contributed by atoms with Crippen LogP contribution in [0.25, 0.3) is 0 Å². The van der Waals surface area contributed by atoms with E-state index >= 15 is 0 Å². The largest absolute Gasteiger partial charge is 0.493 e. The Hall–Kier alpha value is -1.07. The van der Waals surface area contributed by atoms with Gasteiger partial charge in [-0.05, 0) is 24.0 Å². The highest BCUT2D eigenvalue weighted by molar-refractivity contribution is 7.99. The molecule has 4 nitrogen and oxygen atoms in total. The van der Waals surface area contributed by atoms with Crippen LogP contribution in [0.4, 0.5) is 0 Å². The molecule has 5 heteroatoms. The van der Waals surface area contributed by atoms with Gasteiger partial charge in [-0.15, -0.1) is 0 Å². The molecule has 0 unspecified atom stereocenters. The highest BCUT2D eigenvalue weighted by Gasteiger charge is 2.17. The van der Waals surface area contributed by atoms with Crippen molar-refractivity contribution in [1.29, 1.82) is 0 Å². The number of rotatable bonds is 7. The quantitative estimate of drug-likeness (QED) is 0.771. The predicted octanol–water partition coefficient (Wildman–Crippen LogP) is 2.43. The Morgan fingerprint density at radius 2 is 2.11 bits per heavy atom. The molecule has 0 aromatic heterocycles. The Labute approximate surface area is 111 Å². The Kier molecular flexibility index (Phi) is 5.01. The maximum absolute atomic E-state index is 9.31. The van der Waals surface area contributed by atoms with Crippen molar-refractivity contribution in [2.45, 2.75) is 20.0 Å². The fourth-order valence-electron chi connectivity index (χ4n) is 1.71. The molecular weight excluding hydrogens is 252 g/mol. The van der Waals surface area contributed by atoms with Gasteiger partial charge in [-0.25, -0.2) is 0 Å². The molecule has 0 saturated carbocycles. The van der Waals surface area contributed by atoms with Crippen LogP contribution in [-0.4, -0.2) is 30.0 Å². The molecule has 0 amide bonds. The minimum absolute atomic E-state index is 0.0598. The van der Waals surface area contributed by atoms with Crippen LogP contribution in [-0.2, 0) is 6.61 Å². The first-order valence-electron chi connectivity index (χ1n) is 6.09. The van der Waals surface area contributed by atoms with Crippen molar-refractivity contribution in [3.8, 4) is 17.2 Å². The first-order chi connectivity index (χ1) is 8.85. The number of hydrogen-bond acceptors (Lipinski definition) is 5. The average Bonchev–Trinajstić information content (AvgIpc) is 2.84. The second-order valence-corrected chi connectivity index (χ2v) is 5.26. The maximum atomic E-state index is 9.31. The van der Waals surface area contributed by atoms with Gasteiger partial charge >= 0.3 is 0 Å². The standard InChI is InChI=1S/C13H18O4S/c1-2-18-5-3-4-15-11-7-13-12(16-9-17-13)6-10(11)8-14/h6-7,14H,2-5,8-9H2,1H3. The van der Waals surface area contributed by atoms with Crippen LogP contribution in [0.2, 0.25) is 0 Å². The summed E-state index contributed by atoms with van der Waals surface area (Å²) in [5.74, 6) is 4.27. The van der Waals surface area contributed by atoms with E-state index in [4.69, 9.17) is 14.2 Å². The summed E-state index contributed by atoms with van der Waals surface area (Å²) in [6.45, 7) is 2.97. The van der Waals surface area contributed by atoms with Crippen LogP contribution in [0.15, 0.2) is 12.1 Å². The zero-order chi connectivity index (χ0) is 12.8. The lowest BCUT2D eigenvalue weighted by Gasteiger charge is -2.11. The zero-order valence-corrected chi connectivity index (χ0v) is 11.3.